The zero-order valence-corrected chi connectivity index (χ0v) is 13.1. The number of benzene rings is 2. The van der Waals surface area contributed by atoms with Crippen molar-refractivity contribution in [1.29, 1.82) is 0 Å². The molecule has 0 bridgehead atoms. The van der Waals surface area contributed by atoms with Crippen LogP contribution in [0.3, 0.4) is 0 Å². The maximum absolute atomic E-state index is 13.0. The van der Waals surface area contributed by atoms with Gasteiger partial charge >= 0.3 is 0 Å². The van der Waals surface area contributed by atoms with Crippen LogP contribution in [0.5, 0.6) is 0 Å². The van der Waals surface area contributed by atoms with Gasteiger partial charge in [-0.1, -0.05) is 42.5 Å². The fourth-order valence-corrected chi connectivity index (χ4v) is 3.97. The molecule has 1 heterocycles. The number of para-hydroxylation sites is 1. The maximum atomic E-state index is 13.0. The Labute approximate surface area is 130 Å². The first kappa shape index (κ1) is 14.8. The van der Waals surface area contributed by atoms with Crippen molar-refractivity contribution in [3.8, 4) is 0 Å². The molecule has 1 aliphatic heterocycles. The van der Waals surface area contributed by atoms with Gasteiger partial charge in [0.15, 0.2) is 0 Å². The molecule has 0 amide bonds. The van der Waals surface area contributed by atoms with Crippen molar-refractivity contribution in [2.75, 3.05) is 10.9 Å². The van der Waals surface area contributed by atoms with Gasteiger partial charge in [-0.3, -0.25) is 0 Å². The summed E-state index contributed by atoms with van der Waals surface area (Å²) in [6.45, 7) is 6.36. The second-order valence-corrected chi connectivity index (χ2v) is 7.06. The highest BCUT2D eigenvalue weighted by Crippen LogP contribution is 2.33. The maximum Gasteiger partial charge on any atom is 0.268 e. The summed E-state index contributed by atoms with van der Waals surface area (Å²) in [7, 11) is -3.71. The third-order valence-electron chi connectivity index (χ3n) is 3.58. The second-order valence-electron chi connectivity index (χ2n) is 5.27. The molecule has 5 heteroatoms. The Hall–Kier alpha value is -2.11. The monoisotopic (exact) mass is 315 g/mol. The van der Waals surface area contributed by atoms with E-state index in [0.717, 1.165) is 11.1 Å². The Morgan fingerprint density at radius 1 is 1.05 bits per heavy atom. The van der Waals surface area contributed by atoms with Crippen LogP contribution < -0.4 is 4.31 Å². The van der Waals surface area contributed by atoms with Crippen molar-refractivity contribution in [3.05, 3.63) is 71.9 Å². The van der Waals surface area contributed by atoms with Gasteiger partial charge in [0.1, 0.15) is 0 Å². The molecule has 114 valence electrons. The van der Waals surface area contributed by atoms with E-state index in [0.29, 0.717) is 18.0 Å². The first-order chi connectivity index (χ1) is 10.5. The summed E-state index contributed by atoms with van der Waals surface area (Å²) in [6.07, 6.45) is 0. The number of hydrogen-bond acceptors (Lipinski definition) is 3. The highest BCUT2D eigenvalue weighted by atomic mass is 32.2. The summed E-state index contributed by atoms with van der Waals surface area (Å²) in [4.78, 5) is 0.246. The van der Waals surface area contributed by atoms with Gasteiger partial charge in [-0.15, -0.1) is 0 Å². The molecular formula is C17H17NO3S. The SMILES string of the molecule is C=C1COCc2ccccc2N1S(=O)(=O)c1ccc(C)cc1. The van der Waals surface area contributed by atoms with Crippen molar-refractivity contribution in [2.45, 2.75) is 18.4 Å². The fourth-order valence-electron chi connectivity index (χ4n) is 2.45. The lowest BCUT2D eigenvalue weighted by Gasteiger charge is -2.25. The molecule has 3 rings (SSSR count). The second kappa shape index (κ2) is 5.59. The number of fused-ring (bicyclic) bond motifs is 1. The van der Waals surface area contributed by atoms with Gasteiger partial charge in [0.2, 0.25) is 0 Å². The summed E-state index contributed by atoms with van der Waals surface area (Å²) < 4.78 is 32.9. The van der Waals surface area contributed by atoms with Crippen LogP contribution in [0.1, 0.15) is 11.1 Å². The normalized spacial score (nSPS) is 15.3. The van der Waals surface area contributed by atoms with E-state index < -0.39 is 10.0 Å². The van der Waals surface area contributed by atoms with E-state index in [1.54, 1.807) is 30.3 Å². The average Bonchev–Trinajstić information content (AvgIpc) is 2.66. The first-order valence-corrected chi connectivity index (χ1v) is 8.39. The summed E-state index contributed by atoms with van der Waals surface area (Å²) in [6, 6.07) is 14.1. The van der Waals surface area contributed by atoms with E-state index >= 15 is 0 Å². The molecule has 0 unspecified atom stereocenters. The van der Waals surface area contributed by atoms with E-state index in [9.17, 15) is 8.42 Å². The van der Waals surface area contributed by atoms with Gasteiger partial charge in [0.25, 0.3) is 10.0 Å². The van der Waals surface area contributed by atoms with Crippen LogP contribution in [0, 0.1) is 6.92 Å². The number of anilines is 1. The van der Waals surface area contributed by atoms with E-state index in [-0.39, 0.29) is 11.5 Å². The minimum atomic E-state index is -3.71. The van der Waals surface area contributed by atoms with Crippen LogP contribution in [-0.2, 0) is 21.4 Å². The molecule has 0 atom stereocenters. The molecular weight excluding hydrogens is 298 g/mol. The molecule has 0 fully saturated rings. The number of hydrogen-bond donors (Lipinski definition) is 0. The zero-order valence-electron chi connectivity index (χ0n) is 12.3. The Morgan fingerprint density at radius 2 is 1.73 bits per heavy atom. The third-order valence-corrected chi connectivity index (χ3v) is 5.39. The van der Waals surface area contributed by atoms with Crippen molar-refractivity contribution in [1.82, 2.24) is 0 Å². The van der Waals surface area contributed by atoms with E-state index in [4.69, 9.17) is 4.74 Å². The van der Waals surface area contributed by atoms with Gasteiger partial charge in [0.05, 0.1) is 29.5 Å². The lowest BCUT2D eigenvalue weighted by Crippen LogP contribution is -2.31. The zero-order chi connectivity index (χ0) is 15.7. The number of rotatable bonds is 2. The van der Waals surface area contributed by atoms with Crippen LogP contribution >= 0.6 is 0 Å². The molecule has 0 saturated carbocycles. The summed E-state index contributed by atoms with van der Waals surface area (Å²) in [5.74, 6) is 0. The highest BCUT2D eigenvalue weighted by molar-refractivity contribution is 7.93. The van der Waals surface area contributed by atoms with E-state index in [1.165, 1.54) is 4.31 Å². The Bertz CT molecular complexity index is 810. The molecule has 0 N–H and O–H groups in total. The molecule has 0 spiro atoms. The minimum Gasteiger partial charge on any atom is -0.370 e. The van der Waals surface area contributed by atoms with Crippen molar-refractivity contribution in [3.63, 3.8) is 0 Å². The van der Waals surface area contributed by atoms with Crippen LogP contribution in [-0.4, -0.2) is 15.0 Å². The van der Waals surface area contributed by atoms with E-state index in [2.05, 4.69) is 6.58 Å². The molecule has 1 aliphatic rings. The minimum absolute atomic E-state index is 0.180. The van der Waals surface area contributed by atoms with Crippen LogP contribution in [0.4, 0.5) is 5.69 Å². The largest absolute Gasteiger partial charge is 0.370 e. The number of sulfonamides is 1. The molecule has 0 aliphatic carbocycles. The molecule has 0 saturated heterocycles. The van der Waals surface area contributed by atoms with E-state index in [1.807, 2.05) is 25.1 Å². The van der Waals surface area contributed by atoms with Gasteiger partial charge in [-0.25, -0.2) is 12.7 Å². The Kier molecular flexibility index (Phi) is 3.76. The number of aryl methyl sites for hydroxylation is 1. The van der Waals surface area contributed by atoms with Crippen LogP contribution in [0.15, 0.2) is 65.7 Å². The van der Waals surface area contributed by atoms with Crippen LogP contribution in [0.25, 0.3) is 0 Å². The van der Waals surface area contributed by atoms with Gasteiger partial charge in [-0.05, 0) is 25.1 Å². The van der Waals surface area contributed by atoms with Crippen molar-refractivity contribution >= 4 is 15.7 Å². The van der Waals surface area contributed by atoms with Gasteiger partial charge < -0.3 is 4.74 Å². The smallest absolute Gasteiger partial charge is 0.268 e. The predicted octanol–water partition coefficient (Wildman–Crippen LogP) is 3.23. The van der Waals surface area contributed by atoms with Crippen molar-refractivity contribution in [2.24, 2.45) is 0 Å². The lowest BCUT2D eigenvalue weighted by molar-refractivity contribution is 0.146. The molecule has 4 nitrogen and oxygen atoms in total. The third kappa shape index (κ3) is 2.53. The fraction of sp³-hybridized carbons (Fsp3) is 0.176. The van der Waals surface area contributed by atoms with Gasteiger partial charge in [0, 0.05) is 5.56 Å². The first-order valence-electron chi connectivity index (χ1n) is 6.95. The standard InChI is InChI=1S/C17H17NO3S/c1-13-7-9-16(10-8-13)22(19,20)18-14(2)11-21-12-15-5-3-4-6-17(15)18/h3-10H,2,11-12H2,1H3. The Morgan fingerprint density at radius 3 is 2.45 bits per heavy atom. The average molecular weight is 315 g/mol. The summed E-state index contributed by atoms with van der Waals surface area (Å²) in [5.41, 5.74) is 2.85. The molecule has 2 aromatic carbocycles. The predicted molar refractivity (Wildman–Crippen MR) is 86.1 cm³/mol. The Balaban J connectivity index is 2.16. The molecule has 2 aromatic rings. The summed E-state index contributed by atoms with van der Waals surface area (Å²) >= 11 is 0. The summed E-state index contributed by atoms with van der Waals surface area (Å²) in [5, 5.41) is 0. The molecule has 22 heavy (non-hydrogen) atoms. The lowest BCUT2D eigenvalue weighted by atomic mass is 10.2. The highest BCUT2D eigenvalue weighted by Gasteiger charge is 2.30. The quantitative estimate of drug-likeness (QED) is 0.855. The van der Waals surface area contributed by atoms with Crippen molar-refractivity contribution < 1.29 is 13.2 Å². The molecule has 0 aromatic heterocycles. The van der Waals surface area contributed by atoms with Crippen LogP contribution in [0.2, 0.25) is 0 Å². The number of ether oxygens (including phenoxy) is 1. The topological polar surface area (TPSA) is 46.6 Å². The molecule has 0 radical (unpaired) electrons. The number of nitrogens with zero attached hydrogens (tertiary/aromatic N) is 1. The van der Waals surface area contributed by atoms with Gasteiger partial charge in [-0.2, -0.15) is 0 Å².